The third-order valence-electron chi connectivity index (χ3n) is 4.98. The van der Waals surface area contributed by atoms with Gasteiger partial charge < -0.3 is 10.1 Å². The highest BCUT2D eigenvalue weighted by Gasteiger charge is 2.28. The molecule has 0 spiro atoms. The van der Waals surface area contributed by atoms with Crippen LogP contribution >= 0.6 is 0 Å². The van der Waals surface area contributed by atoms with Crippen molar-refractivity contribution in [3.63, 3.8) is 0 Å². The lowest BCUT2D eigenvalue weighted by molar-refractivity contribution is 0.0730. The van der Waals surface area contributed by atoms with Crippen molar-refractivity contribution < 1.29 is 17.9 Å². The minimum atomic E-state index is -3.65. The summed E-state index contributed by atoms with van der Waals surface area (Å²) in [6, 6.07) is 14.8. The Hall–Kier alpha value is -2.22. The summed E-state index contributed by atoms with van der Waals surface area (Å²) in [6.07, 6.45) is 0. The van der Waals surface area contributed by atoms with Gasteiger partial charge in [0.1, 0.15) is 0 Å². The lowest BCUT2D eigenvalue weighted by Gasteiger charge is -2.26. The minimum Gasteiger partial charge on any atom is -0.379 e. The lowest BCUT2D eigenvalue weighted by atomic mass is 10.0. The Morgan fingerprint density at radius 1 is 1.14 bits per heavy atom. The Kier molecular flexibility index (Phi) is 6.49. The summed E-state index contributed by atoms with van der Waals surface area (Å²) in [5, 5.41) is 2.91. The van der Waals surface area contributed by atoms with E-state index in [4.69, 9.17) is 4.74 Å². The Bertz CT molecular complexity index is 923. The molecule has 3 rings (SSSR count). The maximum Gasteiger partial charge on any atom is 0.251 e. The third-order valence-corrected chi connectivity index (χ3v) is 7.02. The number of ether oxygens (including phenoxy) is 1. The predicted octanol–water partition coefficient (Wildman–Crippen LogP) is 2.55. The molecule has 0 bridgehead atoms. The van der Waals surface area contributed by atoms with E-state index >= 15 is 0 Å². The Morgan fingerprint density at radius 3 is 2.50 bits per heavy atom. The first-order valence-electron chi connectivity index (χ1n) is 9.41. The van der Waals surface area contributed by atoms with Crippen LogP contribution in [0, 0.1) is 6.92 Å². The van der Waals surface area contributed by atoms with Crippen LogP contribution in [0.4, 0.5) is 0 Å². The summed E-state index contributed by atoms with van der Waals surface area (Å²) in [6.45, 7) is 5.68. The molecule has 1 atom stereocenters. The minimum absolute atomic E-state index is 0.159. The molecule has 1 fully saturated rings. The molecule has 1 N–H and O–H groups in total. The molecule has 7 heteroatoms. The normalized spacial score (nSPS) is 16.5. The van der Waals surface area contributed by atoms with Crippen LogP contribution in [-0.4, -0.2) is 51.5 Å². The van der Waals surface area contributed by atoms with Gasteiger partial charge in [0.25, 0.3) is 5.91 Å². The number of hydrogen-bond donors (Lipinski definition) is 1. The van der Waals surface area contributed by atoms with E-state index in [2.05, 4.69) is 5.32 Å². The highest BCUT2D eigenvalue weighted by atomic mass is 32.2. The number of rotatable bonds is 6. The summed E-state index contributed by atoms with van der Waals surface area (Å²) < 4.78 is 32.6. The number of nitrogens with one attached hydrogen (secondary N) is 1. The second-order valence-corrected chi connectivity index (χ2v) is 8.92. The highest BCUT2D eigenvalue weighted by Crippen LogP contribution is 2.22. The third kappa shape index (κ3) is 4.60. The molecule has 0 radical (unpaired) electrons. The SMILES string of the molecule is Cc1ccc(C(=O)NC[C@@H](C)c2ccccc2)cc1S(=O)(=O)N1CCOCC1. The first kappa shape index (κ1) is 20.5. The second-order valence-electron chi connectivity index (χ2n) is 7.02. The fourth-order valence-corrected chi connectivity index (χ4v) is 4.85. The van der Waals surface area contributed by atoms with Crippen molar-refractivity contribution in [3.05, 3.63) is 65.2 Å². The summed E-state index contributed by atoms with van der Waals surface area (Å²) in [4.78, 5) is 12.8. The van der Waals surface area contributed by atoms with Crippen LogP contribution in [0.15, 0.2) is 53.4 Å². The fourth-order valence-electron chi connectivity index (χ4n) is 3.19. The quantitative estimate of drug-likeness (QED) is 0.806. The van der Waals surface area contributed by atoms with Gasteiger partial charge >= 0.3 is 0 Å². The number of hydrogen-bond acceptors (Lipinski definition) is 4. The lowest BCUT2D eigenvalue weighted by Crippen LogP contribution is -2.41. The number of carbonyl (C=O) groups excluding carboxylic acids is 1. The zero-order valence-electron chi connectivity index (χ0n) is 16.2. The van der Waals surface area contributed by atoms with Crippen molar-refractivity contribution in [1.29, 1.82) is 0 Å². The molecule has 0 saturated carbocycles. The van der Waals surface area contributed by atoms with Gasteiger partial charge in [0, 0.05) is 25.2 Å². The van der Waals surface area contributed by atoms with Gasteiger partial charge in [-0.1, -0.05) is 43.3 Å². The monoisotopic (exact) mass is 402 g/mol. The maximum absolute atomic E-state index is 13.0. The largest absolute Gasteiger partial charge is 0.379 e. The first-order valence-corrected chi connectivity index (χ1v) is 10.9. The molecular weight excluding hydrogens is 376 g/mol. The van der Waals surface area contributed by atoms with Crippen molar-refractivity contribution in [2.75, 3.05) is 32.8 Å². The molecular formula is C21H26N2O4S. The van der Waals surface area contributed by atoms with Crippen LogP contribution in [0.25, 0.3) is 0 Å². The molecule has 2 aromatic carbocycles. The molecule has 0 aliphatic carbocycles. The molecule has 1 heterocycles. The van der Waals surface area contributed by atoms with Crippen molar-refractivity contribution in [2.24, 2.45) is 0 Å². The van der Waals surface area contributed by atoms with E-state index in [0.717, 1.165) is 5.56 Å². The molecule has 28 heavy (non-hydrogen) atoms. The zero-order valence-corrected chi connectivity index (χ0v) is 17.0. The standard InChI is InChI=1S/C21H26N2O4S/c1-16-8-9-19(14-20(16)28(25,26)23-10-12-27-13-11-23)21(24)22-15-17(2)18-6-4-3-5-7-18/h3-9,14,17H,10-13,15H2,1-2H3,(H,22,24)/t17-/m1/s1. The number of carbonyl (C=O) groups is 1. The second kappa shape index (κ2) is 8.86. The molecule has 1 saturated heterocycles. The van der Waals surface area contributed by atoms with Crippen molar-refractivity contribution >= 4 is 15.9 Å². The van der Waals surface area contributed by atoms with Gasteiger partial charge in [-0.15, -0.1) is 0 Å². The van der Waals surface area contributed by atoms with E-state index in [9.17, 15) is 13.2 Å². The van der Waals surface area contributed by atoms with Crippen LogP contribution in [0.5, 0.6) is 0 Å². The average Bonchev–Trinajstić information content (AvgIpc) is 2.73. The van der Waals surface area contributed by atoms with Crippen LogP contribution in [0.2, 0.25) is 0 Å². The highest BCUT2D eigenvalue weighted by molar-refractivity contribution is 7.89. The van der Waals surface area contributed by atoms with Gasteiger partial charge in [-0.05, 0) is 36.1 Å². The van der Waals surface area contributed by atoms with E-state index in [1.165, 1.54) is 10.4 Å². The summed E-state index contributed by atoms with van der Waals surface area (Å²) in [5.41, 5.74) is 2.11. The van der Waals surface area contributed by atoms with Gasteiger partial charge in [0.15, 0.2) is 0 Å². The zero-order chi connectivity index (χ0) is 20.1. The molecule has 0 unspecified atom stereocenters. The molecule has 2 aromatic rings. The topological polar surface area (TPSA) is 75.7 Å². The van der Waals surface area contributed by atoms with Crippen LogP contribution in [0.1, 0.15) is 34.3 Å². The summed E-state index contributed by atoms with van der Waals surface area (Å²) in [7, 11) is -3.65. The van der Waals surface area contributed by atoms with E-state index < -0.39 is 10.0 Å². The number of morpholine rings is 1. The van der Waals surface area contributed by atoms with E-state index in [1.807, 2.05) is 37.3 Å². The Labute approximate surface area is 166 Å². The maximum atomic E-state index is 13.0. The molecule has 150 valence electrons. The predicted molar refractivity (Wildman–Crippen MR) is 108 cm³/mol. The number of amides is 1. The molecule has 1 aliphatic rings. The van der Waals surface area contributed by atoms with E-state index in [-0.39, 0.29) is 16.7 Å². The fraction of sp³-hybridized carbons (Fsp3) is 0.381. The van der Waals surface area contributed by atoms with E-state index in [0.29, 0.717) is 44.0 Å². The smallest absolute Gasteiger partial charge is 0.251 e. The van der Waals surface area contributed by atoms with Crippen molar-refractivity contribution in [1.82, 2.24) is 9.62 Å². The van der Waals surface area contributed by atoms with Crippen molar-refractivity contribution in [2.45, 2.75) is 24.7 Å². The Balaban J connectivity index is 1.74. The average molecular weight is 403 g/mol. The van der Waals surface area contributed by atoms with Crippen LogP contribution < -0.4 is 5.32 Å². The van der Waals surface area contributed by atoms with Crippen LogP contribution in [0.3, 0.4) is 0 Å². The first-order chi connectivity index (χ1) is 13.4. The van der Waals surface area contributed by atoms with Gasteiger partial charge in [0.05, 0.1) is 18.1 Å². The van der Waals surface area contributed by atoms with Gasteiger partial charge in [-0.25, -0.2) is 8.42 Å². The molecule has 1 aliphatic heterocycles. The molecule has 0 aromatic heterocycles. The molecule has 1 amide bonds. The summed E-state index contributed by atoms with van der Waals surface area (Å²) >= 11 is 0. The number of sulfonamides is 1. The Morgan fingerprint density at radius 2 is 1.82 bits per heavy atom. The number of aryl methyl sites for hydroxylation is 1. The van der Waals surface area contributed by atoms with Gasteiger partial charge in [-0.3, -0.25) is 4.79 Å². The van der Waals surface area contributed by atoms with Gasteiger partial charge in [-0.2, -0.15) is 4.31 Å². The number of nitrogens with zero attached hydrogens (tertiary/aromatic N) is 1. The van der Waals surface area contributed by atoms with Crippen LogP contribution in [-0.2, 0) is 14.8 Å². The summed E-state index contributed by atoms with van der Waals surface area (Å²) in [5.74, 6) is -0.117. The van der Waals surface area contributed by atoms with Crippen molar-refractivity contribution in [3.8, 4) is 0 Å². The molecule has 6 nitrogen and oxygen atoms in total. The number of benzene rings is 2. The van der Waals surface area contributed by atoms with Gasteiger partial charge in [0.2, 0.25) is 10.0 Å². The van der Waals surface area contributed by atoms with E-state index in [1.54, 1.807) is 19.1 Å².